The van der Waals surface area contributed by atoms with Crippen LogP contribution in [0.25, 0.3) is 0 Å². The largest absolute Gasteiger partial charge is 0.506 e. The van der Waals surface area contributed by atoms with Crippen LogP contribution in [0, 0.1) is 0 Å². The van der Waals surface area contributed by atoms with Crippen LogP contribution in [-0.4, -0.2) is 22.7 Å². The quantitative estimate of drug-likeness (QED) is 0.204. The zero-order valence-corrected chi connectivity index (χ0v) is 15.2. The summed E-state index contributed by atoms with van der Waals surface area (Å²) < 4.78 is 5.00. The summed E-state index contributed by atoms with van der Waals surface area (Å²) in [7, 11) is 0. The minimum atomic E-state index is -1.12. The maximum atomic E-state index is 10.7. The second-order valence-electron chi connectivity index (χ2n) is 5.81. The minimum Gasteiger partial charge on any atom is -0.450 e. The molecule has 0 radical (unpaired) electrons. The molecule has 0 heterocycles. The maximum Gasteiger partial charge on any atom is 0.506 e. The van der Waals surface area contributed by atoms with E-state index in [4.69, 9.17) is 9.84 Å². The van der Waals surface area contributed by atoms with Gasteiger partial charge in [0.1, 0.15) is 6.10 Å². The molecule has 1 unspecified atom stereocenters. The van der Waals surface area contributed by atoms with Crippen LogP contribution in [-0.2, 0) is 4.74 Å². The SMILES string of the molecule is CCCCCCCCCCC(CCCCCBr)OC(=O)O. The highest BCUT2D eigenvalue weighted by atomic mass is 79.9. The average molecular weight is 365 g/mol. The van der Waals surface area contributed by atoms with Crippen LogP contribution in [0.15, 0.2) is 0 Å². The molecule has 0 aliphatic rings. The molecule has 0 saturated carbocycles. The van der Waals surface area contributed by atoms with Gasteiger partial charge in [-0.05, 0) is 32.1 Å². The van der Waals surface area contributed by atoms with Gasteiger partial charge < -0.3 is 9.84 Å². The number of carbonyl (C=O) groups is 1. The molecule has 0 fully saturated rings. The van der Waals surface area contributed by atoms with Crippen LogP contribution in [0.5, 0.6) is 0 Å². The van der Waals surface area contributed by atoms with Gasteiger partial charge in [0.15, 0.2) is 0 Å². The number of alkyl halides is 1. The van der Waals surface area contributed by atoms with Gasteiger partial charge in [0.25, 0.3) is 0 Å². The number of carboxylic acid groups (broad SMARTS) is 1. The van der Waals surface area contributed by atoms with Gasteiger partial charge in [0.05, 0.1) is 0 Å². The van der Waals surface area contributed by atoms with Gasteiger partial charge in [-0.15, -0.1) is 0 Å². The van der Waals surface area contributed by atoms with E-state index < -0.39 is 6.16 Å². The number of hydrogen-bond donors (Lipinski definition) is 1. The van der Waals surface area contributed by atoms with Gasteiger partial charge in [0, 0.05) is 5.33 Å². The number of rotatable bonds is 15. The zero-order valence-electron chi connectivity index (χ0n) is 13.6. The molecule has 1 atom stereocenters. The molecule has 126 valence electrons. The Balaban J connectivity index is 3.58. The molecule has 0 aromatic heterocycles. The first-order valence-electron chi connectivity index (χ1n) is 8.66. The Morgan fingerprint density at radius 1 is 0.905 bits per heavy atom. The van der Waals surface area contributed by atoms with Crippen LogP contribution in [0.2, 0.25) is 0 Å². The topological polar surface area (TPSA) is 46.5 Å². The summed E-state index contributed by atoms with van der Waals surface area (Å²) in [6, 6.07) is 0. The Morgan fingerprint density at radius 3 is 1.86 bits per heavy atom. The van der Waals surface area contributed by atoms with Gasteiger partial charge in [-0.25, -0.2) is 4.79 Å². The van der Waals surface area contributed by atoms with E-state index in [1.54, 1.807) is 0 Å². The molecule has 1 N–H and O–H groups in total. The van der Waals surface area contributed by atoms with Crippen molar-refractivity contribution in [3.63, 3.8) is 0 Å². The molecule has 4 heteroatoms. The first-order chi connectivity index (χ1) is 10.2. The lowest BCUT2D eigenvalue weighted by atomic mass is 10.0. The van der Waals surface area contributed by atoms with E-state index in [2.05, 4.69) is 22.9 Å². The lowest BCUT2D eigenvalue weighted by molar-refractivity contribution is 0.0423. The molecular weight excluding hydrogens is 332 g/mol. The summed E-state index contributed by atoms with van der Waals surface area (Å²) in [6.07, 6.45) is 14.1. The Morgan fingerprint density at radius 2 is 1.38 bits per heavy atom. The summed E-state index contributed by atoms with van der Waals surface area (Å²) in [6.45, 7) is 2.24. The van der Waals surface area contributed by atoms with Crippen LogP contribution in [0.4, 0.5) is 4.79 Å². The highest BCUT2D eigenvalue weighted by molar-refractivity contribution is 9.09. The van der Waals surface area contributed by atoms with Crippen LogP contribution < -0.4 is 0 Å². The van der Waals surface area contributed by atoms with Crippen molar-refractivity contribution < 1.29 is 14.6 Å². The molecule has 0 bridgehead atoms. The van der Waals surface area contributed by atoms with Gasteiger partial charge in [-0.1, -0.05) is 74.2 Å². The summed E-state index contributed by atoms with van der Waals surface area (Å²) in [5.74, 6) is 0. The van der Waals surface area contributed by atoms with E-state index in [1.807, 2.05) is 0 Å². The van der Waals surface area contributed by atoms with E-state index >= 15 is 0 Å². The van der Waals surface area contributed by atoms with Gasteiger partial charge in [-0.2, -0.15) is 0 Å². The summed E-state index contributed by atoms with van der Waals surface area (Å²) in [5.41, 5.74) is 0. The Hall–Kier alpha value is -0.250. The number of halogens is 1. The van der Waals surface area contributed by atoms with Crippen molar-refractivity contribution in [3.05, 3.63) is 0 Å². The van der Waals surface area contributed by atoms with Crippen molar-refractivity contribution in [1.82, 2.24) is 0 Å². The van der Waals surface area contributed by atoms with E-state index in [-0.39, 0.29) is 6.10 Å². The first kappa shape index (κ1) is 20.8. The molecule has 0 aliphatic carbocycles. The van der Waals surface area contributed by atoms with Crippen LogP contribution in [0.3, 0.4) is 0 Å². The third-order valence-corrected chi connectivity index (χ3v) is 4.37. The number of hydrogen-bond acceptors (Lipinski definition) is 2. The molecule has 3 nitrogen and oxygen atoms in total. The van der Waals surface area contributed by atoms with E-state index in [1.165, 1.54) is 44.9 Å². The monoisotopic (exact) mass is 364 g/mol. The predicted molar refractivity (Wildman–Crippen MR) is 92.4 cm³/mol. The molecule has 0 saturated heterocycles. The highest BCUT2D eigenvalue weighted by Crippen LogP contribution is 2.16. The third kappa shape index (κ3) is 16.0. The molecule has 21 heavy (non-hydrogen) atoms. The molecule has 0 amide bonds. The summed E-state index contributed by atoms with van der Waals surface area (Å²) >= 11 is 3.41. The van der Waals surface area contributed by atoms with E-state index in [0.29, 0.717) is 0 Å². The van der Waals surface area contributed by atoms with Crippen molar-refractivity contribution >= 4 is 22.1 Å². The standard InChI is InChI=1S/C17H33BrO3/c1-2-3-4-5-6-7-8-10-13-16(21-17(19)20)14-11-9-12-15-18/h16H,2-15H2,1H3,(H,19,20). The van der Waals surface area contributed by atoms with Crippen molar-refractivity contribution in [2.24, 2.45) is 0 Å². The maximum absolute atomic E-state index is 10.7. The highest BCUT2D eigenvalue weighted by Gasteiger charge is 2.12. The van der Waals surface area contributed by atoms with Gasteiger partial charge in [0.2, 0.25) is 0 Å². The number of ether oxygens (including phenoxy) is 1. The lowest BCUT2D eigenvalue weighted by Gasteiger charge is -2.15. The molecule has 0 spiro atoms. The average Bonchev–Trinajstić information content (AvgIpc) is 2.45. The molecule has 0 aliphatic heterocycles. The summed E-state index contributed by atoms with van der Waals surface area (Å²) in [4.78, 5) is 10.7. The van der Waals surface area contributed by atoms with Gasteiger partial charge >= 0.3 is 6.16 Å². The Kier molecular flexibility index (Phi) is 15.9. The van der Waals surface area contributed by atoms with Crippen molar-refractivity contribution in [1.29, 1.82) is 0 Å². The first-order valence-corrected chi connectivity index (χ1v) is 9.78. The van der Waals surface area contributed by atoms with Crippen molar-refractivity contribution in [3.8, 4) is 0 Å². The molecule has 0 aromatic carbocycles. The fraction of sp³-hybridized carbons (Fsp3) is 0.941. The lowest BCUT2D eigenvalue weighted by Crippen LogP contribution is -2.16. The van der Waals surface area contributed by atoms with Crippen LogP contribution in [0.1, 0.15) is 90.4 Å². The molecule has 0 aromatic rings. The third-order valence-electron chi connectivity index (χ3n) is 3.81. The van der Waals surface area contributed by atoms with Crippen LogP contribution >= 0.6 is 15.9 Å². The summed E-state index contributed by atoms with van der Waals surface area (Å²) in [5, 5.41) is 9.80. The fourth-order valence-electron chi connectivity index (χ4n) is 2.55. The molecule has 0 rings (SSSR count). The van der Waals surface area contributed by atoms with Gasteiger partial charge in [-0.3, -0.25) is 0 Å². The Bertz CT molecular complexity index is 234. The van der Waals surface area contributed by atoms with E-state index in [9.17, 15) is 4.79 Å². The molecular formula is C17H33BrO3. The normalized spacial score (nSPS) is 12.3. The second kappa shape index (κ2) is 16.1. The predicted octanol–water partition coefficient (Wildman–Crippen LogP) is 6.54. The van der Waals surface area contributed by atoms with E-state index in [0.717, 1.165) is 43.9 Å². The minimum absolute atomic E-state index is 0.0992. The zero-order chi connectivity index (χ0) is 15.8. The van der Waals surface area contributed by atoms with Crippen molar-refractivity contribution in [2.45, 2.75) is 96.5 Å². The second-order valence-corrected chi connectivity index (χ2v) is 6.60. The number of unbranched alkanes of at least 4 members (excludes halogenated alkanes) is 9. The smallest absolute Gasteiger partial charge is 0.450 e. The fourth-order valence-corrected chi connectivity index (χ4v) is 2.95. The van der Waals surface area contributed by atoms with Crippen molar-refractivity contribution in [2.75, 3.05) is 5.33 Å². The Labute approximate surface area is 139 Å².